The van der Waals surface area contributed by atoms with E-state index in [4.69, 9.17) is 0 Å². The van der Waals surface area contributed by atoms with Crippen LogP contribution in [0.25, 0.3) is 0 Å². The first-order valence-electron chi connectivity index (χ1n) is 7.26. The minimum atomic E-state index is 0.756. The predicted octanol–water partition coefficient (Wildman–Crippen LogP) is 3.45. The molecule has 0 aliphatic carbocycles. The van der Waals surface area contributed by atoms with E-state index in [1.807, 2.05) is 41.4 Å². The Morgan fingerprint density at radius 3 is 2.00 bits per heavy atom. The minimum Gasteiger partial charge on any atom is -0.344 e. The summed E-state index contributed by atoms with van der Waals surface area (Å²) in [6.07, 6.45) is 5.27. The van der Waals surface area contributed by atoms with Gasteiger partial charge in [-0.3, -0.25) is 5.01 Å². The number of aromatic nitrogens is 2. The molecule has 2 aromatic carbocycles. The van der Waals surface area contributed by atoms with E-state index in [1.165, 1.54) is 11.1 Å². The Morgan fingerprint density at radius 2 is 1.50 bits per heavy atom. The Morgan fingerprint density at radius 1 is 0.909 bits per heavy atom. The van der Waals surface area contributed by atoms with Crippen molar-refractivity contribution in [3.8, 4) is 0 Å². The summed E-state index contributed by atoms with van der Waals surface area (Å²) in [5, 5.41) is 6.61. The molecule has 22 heavy (non-hydrogen) atoms. The Balaban J connectivity index is 1.75. The number of hydrogen-bond acceptors (Lipinski definition) is 3. The fourth-order valence-electron chi connectivity index (χ4n) is 2.21. The average Bonchev–Trinajstić information content (AvgIpc) is 3.08. The molecule has 0 atom stereocenters. The smallest absolute Gasteiger partial charge is 0.150 e. The maximum Gasteiger partial charge on any atom is 0.150 e. The first kappa shape index (κ1) is 14.1. The van der Waals surface area contributed by atoms with Gasteiger partial charge in [-0.05, 0) is 11.1 Å². The van der Waals surface area contributed by atoms with Gasteiger partial charge in [0.1, 0.15) is 5.82 Å². The largest absolute Gasteiger partial charge is 0.344 e. The molecule has 0 saturated carbocycles. The van der Waals surface area contributed by atoms with Gasteiger partial charge in [-0.2, -0.15) is 5.10 Å². The standard InChI is InChI=1S/C18H18N4/c1-3-7-16(8-4-1)14-22(15-17-9-5-2-6-10-17)21-13-18-19-11-12-20-18/h1-13H,14-15H2,(H,19,20). The molecule has 4 nitrogen and oxygen atoms in total. The third-order valence-corrected chi connectivity index (χ3v) is 3.28. The van der Waals surface area contributed by atoms with Crippen molar-refractivity contribution in [1.29, 1.82) is 0 Å². The van der Waals surface area contributed by atoms with Crippen molar-refractivity contribution in [2.45, 2.75) is 13.1 Å². The second kappa shape index (κ2) is 7.22. The average molecular weight is 290 g/mol. The van der Waals surface area contributed by atoms with Crippen molar-refractivity contribution in [3.05, 3.63) is 90.0 Å². The third-order valence-electron chi connectivity index (χ3n) is 3.28. The van der Waals surface area contributed by atoms with Crippen LogP contribution in [0.5, 0.6) is 0 Å². The monoisotopic (exact) mass is 290 g/mol. The summed E-state index contributed by atoms with van der Waals surface area (Å²) < 4.78 is 0. The number of aromatic amines is 1. The van der Waals surface area contributed by atoms with Crippen molar-refractivity contribution in [2.24, 2.45) is 5.10 Å². The molecule has 0 saturated heterocycles. The summed E-state index contributed by atoms with van der Waals surface area (Å²) in [5.74, 6) is 0.756. The van der Waals surface area contributed by atoms with E-state index in [1.54, 1.807) is 18.6 Å². The molecule has 1 aromatic heterocycles. The molecular weight excluding hydrogens is 272 g/mol. The SMILES string of the molecule is C(=NN(Cc1ccccc1)Cc1ccccc1)c1ncc[nH]1. The van der Waals surface area contributed by atoms with Crippen LogP contribution in [0.1, 0.15) is 17.0 Å². The van der Waals surface area contributed by atoms with Crippen molar-refractivity contribution in [2.75, 3.05) is 0 Å². The Bertz CT molecular complexity index is 649. The zero-order chi connectivity index (χ0) is 15.0. The number of nitrogens with one attached hydrogen (secondary N) is 1. The second-order valence-corrected chi connectivity index (χ2v) is 5.01. The number of benzene rings is 2. The zero-order valence-electron chi connectivity index (χ0n) is 12.3. The van der Waals surface area contributed by atoms with E-state index in [0.717, 1.165) is 18.9 Å². The number of H-pyrrole nitrogens is 1. The lowest BCUT2D eigenvalue weighted by Crippen LogP contribution is -2.17. The van der Waals surface area contributed by atoms with Gasteiger partial charge in [0.05, 0.1) is 19.3 Å². The van der Waals surface area contributed by atoms with Gasteiger partial charge in [0.15, 0.2) is 0 Å². The lowest BCUT2D eigenvalue weighted by molar-refractivity contribution is 0.272. The zero-order valence-corrected chi connectivity index (χ0v) is 12.3. The number of imidazole rings is 1. The van der Waals surface area contributed by atoms with E-state index in [-0.39, 0.29) is 0 Å². The lowest BCUT2D eigenvalue weighted by atomic mass is 10.2. The lowest BCUT2D eigenvalue weighted by Gasteiger charge is -2.19. The highest BCUT2D eigenvalue weighted by Crippen LogP contribution is 2.10. The van der Waals surface area contributed by atoms with Gasteiger partial charge in [-0.25, -0.2) is 4.98 Å². The van der Waals surface area contributed by atoms with E-state index in [2.05, 4.69) is 39.3 Å². The summed E-state index contributed by atoms with van der Waals surface area (Å²) in [6, 6.07) is 20.7. The molecule has 3 rings (SSSR count). The van der Waals surface area contributed by atoms with Crippen LogP contribution in [0.3, 0.4) is 0 Å². The van der Waals surface area contributed by atoms with E-state index in [0.29, 0.717) is 0 Å². The van der Waals surface area contributed by atoms with Crippen molar-refractivity contribution >= 4 is 6.21 Å². The normalized spacial score (nSPS) is 10.9. The first-order valence-corrected chi connectivity index (χ1v) is 7.26. The molecule has 110 valence electrons. The van der Waals surface area contributed by atoms with Crippen LogP contribution in [0, 0.1) is 0 Å². The summed E-state index contributed by atoms with van der Waals surface area (Å²) in [6.45, 7) is 1.51. The first-order chi connectivity index (χ1) is 10.9. The van der Waals surface area contributed by atoms with Gasteiger partial charge in [-0.15, -0.1) is 0 Å². The molecule has 0 aliphatic rings. The molecule has 0 spiro atoms. The second-order valence-electron chi connectivity index (χ2n) is 5.01. The molecule has 3 aromatic rings. The highest BCUT2D eigenvalue weighted by molar-refractivity contribution is 5.73. The number of hydrazone groups is 1. The predicted molar refractivity (Wildman–Crippen MR) is 88.3 cm³/mol. The molecule has 1 heterocycles. The fourth-order valence-corrected chi connectivity index (χ4v) is 2.21. The van der Waals surface area contributed by atoms with Crippen LogP contribution < -0.4 is 0 Å². The molecule has 0 fully saturated rings. The van der Waals surface area contributed by atoms with Crippen LogP contribution in [-0.2, 0) is 13.1 Å². The van der Waals surface area contributed by atoms with Crippen LogP contribution in [-0.4, -0.2) is 21.2 Å². The molecule has 0 bridgehead atoms. The van der Waals surface area contributed by atoms with Crippen LogP contribution >= 0.6 is 0 Å². The van der Waals surface area contributed by atoms with Crippen molar-refractivity contribution in [1.82, 2.24) is 15.0 Å². The number of rotatable bonds is 6. The maximum absolute atomic E-state index is 4.57. The highest BCUT2D eigenvalue weighted by Gasteiger charge is 2.04. The molecule has 1 N–H and O–H groups in total. The van der Waals surface area contributed by atoms with Gasteiger partial charge in [0.2, 0.25) is 0 Å². The molecular formula is C18H18N4. The van der Waals surface area contributed by atoms with Gasteiger partial charge in [0, 0.05) is 12.4 Å². The highest BCUT2D eigenvalue weighted by atomic mass is 15.4. The maximum atomic E-state index is 4.57. The summed E-state index contributed by atoms with van der Waals surface area (Å²) in [7, 11) is 0. The molecule has 0 amide bonds. The van der Waals surface area contributed by atoms with Crippen molar-refractivity contribution < 1.29 is 0 Å². The molecule has 0 radical (unpaired) electrons. The van der Waals surface area contributed by atoms with E-state index in [9.17, 15) is 0 Å². The van der Waals surface area contributed by atoms with Crippen LogP contribution in [0.15, 0.2) is 78.2 Å². The Kier molecular flexibility index (Phi) is 4.62. The molecule has 0 aliphatic heterocycles. The van der Waals surface area contributed by atoms with Gasteiger partial charge in [-0.1, -0.05) is 60.7 Å². The number of nitrogens with zero attached hydrogens (tertiary/aromatic N) is 3. The van der Waals surface area contributed by atoms with Gasteiger partial charge >= 0.3 is 0 Å². The van der Waals surface area contributed by atoms with E-state index >= 15 is 0 Å². The molecule has 0 unspecified atom stereocenters. The summed E-state index contributed by atoms with van der Waals surface area (Å²) in [4.78, 5) is 7.20. The minimum absolute atomic E-state index is 0.756. The van der Waals surface area contributed by atoms with Gasteiger partial charge in [0.25, 0.3) is 0 Å². The van der Waals surface area contributed by atoms with Crippen LogP contribution in [0.4, 0.5) is 0 Å². The number of hydrogen-bond donors (Lipinski definition) is 1. The Labute approximate surface area is 130 Å². The topological polar surface area (TPSA) is 44.3 Å². The quantitative estimate of drug-likeness (QED) is 0.558. The van der Waals surface area contributed by atoms with Gasteiger partial charge < -0.3 is 4.98 Å². The fraction of sp³-hybridized carbons (Fsp3) is 0.111. The van der Waals surface area contributed by atoms with E-state index < -0.39 is 0 Å². The van der Waals surface area contributed by atoms with Crippen LogP contribution in [0.2, 0.25) is 0 Å². The molecule has 4 heteroatoms. The Hall–Kier alpha value is -2.88. The third kappa shape index (κ3) is 4.06. The summed E-state index contributed by atoms with van der Waals surface area (Å²) >= 11 is 0. The summed E-state index contributed by atoms with van der Waals surface area (Å²) in [5.41, 5.74) is 2.46. The van der Waals surface area contributed by atoms with Crippen molar-refractivity contribution in [3.63, 3.8) is 0 Å².